The molecule has 0 N–H and O–H groups in total. The van der Waals surface area contributed by atoms with E-state index < -0.39 is 0 Å². The van der Waals surface area contributed by atoms with E-state index in [4.69, 9.17) is 26.0 Å². The van der Waals surface area contributed by atoms with Crippen LogP contribution in [0.4, 0.5) is 16.3 Å². The molecule has 48 heavy (non-hydrogen) atoms. The highest BCUT2D eigenvalue weighted by Crippen LogP contribution is 2.34. The second-order valence-electron chi connectivity index (χ2n) is 12.8. The van der Waals surface area contributed by atoms with Crippen molar-refractivity contribution in [3.8, 4) is 6.01 Å². The lowest BCUT2D eigenvalue weighted by Crippen LogP contribution is -2.57. The summed E-state index contributed by atoms with van der Waals surface area (Å²) in [5, 5.41) is 2.45. The zero-order chi connectivity index (χ0) is 32.7. The zero-order valence-corrected chi connectivity index (χ0v) is 27.5. The molecule has 4 heterocycles. The largest absolute Gasteiger partial charge is 0.462 e. The number of rotatable bonds is 9. The van der Waals surface area contributed by atoms with Gasteiger partial charge in [0, 0.05) is 49.4 Å². The Balaban J connectivity index is 1.13. The van der Waals surface area contributed by atoms with Crippen LogP contribution < -0.4 is 14.5 Å². The van der Waals surface area contributed by atoms with E-state index in [0.29, 0.717) is 38.8 Å². The third kappa shape index (κ3) is 7.16. The van der Waals surface area contributed by atoms with E-state index in [1.807, 2.05) is 30.3 Å². The van der Waals surface area contributed by atoms with E-state index >= 15 is 0 Å². The number of carbonyl (C=O) groups excluding carboxylic acids is 1. The number of benzene rings is 3. The molecule has 2 saturated heterocycles. The molecular weight excluding hydrogens is 602 g/mol. The molecule has 3 aliphatic rings. The lowest BCUT2D eigenvalue weighted by molar-refractivity contribution is 0.0788. The molecule has 7 rings (SSSR count). The molecule has 1 atom stereocenters. The highest BCUT2D eigenvalue weighted by atomic mass is 16.6. The molecule has 248 valence electrons. The minimum Gasteiger partial charge on any atom is -0.462 e. The lowest BCUT2D eigenvalue weighted by Gasteiger charge is -2.40. The maximum absolute atomic E-state index is 13.2. The van der Waals surface area contributed by atoms with Gasteiger partial charge in [-0.15, -0.1) is 0 Å². The first kappa shape index (κ1) is 31.7. The van der Waals surface area contributed by atoms with E-state index in [0.717, 1.165) is 55.2 Å². The third-order valence-corrected chi connectivity index (χ3v) is 9.74. The number of amides is 1. The van der Waals surface area contributed by atoms with Gasteiger partial charge >= 0.3 is 12.1 Å². The van der Waals surface area contributed by atoms with Gasteiger partial charge in [0.05, 0.1) is 12.2 Å². The number of hydrogen-bond acceptors (Lipinski definition) is 8. The summed E-state index contributed by atoms with van der Waals surface area (Å²) in [6, 6.07) is 24.7. The Bertz CT molecular complexity index is 1750. The van der Waals surface area contributed by atoms with Gasteiger partial charge in [0.15, 0.2) is 0 Å². The molecule has 3 aliphatic heterocycles. The van der Waals surface area contributed by atoms with Crippen molar-refractivity contribution in [3.63, 3.8) is 0 Å². The van der Waals surface area contributed by atoms with Crippen molar-refractivity contribution < 1.29 is 14.3 Å². The minimum absolute atomic E-state index is 0.193. The van der Waals surface area contributed by atoms with Crippen LogP contribution in [0.15, 0.2) is 72.8 Å². The Hall–Kier alpha value is -4.88. The highest BCUT2D eigenvalue weighted by Gasteiger charge is 2.36. The molecule has 2 fully saturated rings. The van der Waals surface area contributed by atoms with Gasteiger partial charge in [-0.2, -0.15) is 9.97 Å². The van der Waals surface area contributed by atoms with Crippen LogP contribution in [-0.4, -0.2) is 90.9 Å². The van der Waals surface area contributed by atoms with E-state index in [2.05, 4.69) is 62.0 Å². The van der Waals surface area contributed by atoms with Gasteiger partial charge in [0.2, 0.25) is 6.54 Å². The summed E-state index contributed by atoms with van der Waals surface area (Å²) in [6.45, 7) is 14.7. The molecule has 0 aliphatic carbocycles. The number of likely N-dealkylation sites (tertiary alicyclic amines) is 1. The Morgan fingerprint density at radius 1 is 0.875 bits per heavy atom. The van der Waals surface area contributed by atoms with E-state index in [9.17, 15) is 4.79 Å². The molecule has 3 aromatic carbocycles. The Morgan fingerprint density at radius 2 is 1.69 bits per heavy atom. The van der Waals surface area contributed by atoms with Crippen LogP contribution in [0.1, 0.15) is 36.1 Å². The predicted molar refractivity (Wildman–Crippen MR) is 187 cm³/mol. The minimum atomic E-state index is -0.385. The van der Waals surface area contributed by atoms with Crippen LogP contribution in [0.25, 0.3) is 15.6 Å². The molecule has 1 unspecified atom stereocenters. The Labute approximate surface area is 282 Å². The fourth-order valence-corrected chi connectivity index (χ4v) is 7.21. The van der Waals surface area contributed by atoms with Crippen molar-refractivity contribution in [2.45, 2.75) is 44.9 Å². The Kier molecular flexibility index (Phi) is 9.85. The van der Waals surface area contributed by atoms with Gasteiger partial charge in [-0.05, 0) is 49.4 Å². The average Bonchev–Trinajstić information content (AvgIpc) is 3.14. The summed E-state index contributed by atoms with van der Waals surface area (Å²) in [4.78, 5) is 35.8. The molecule has 1 amide bonds. The maximum Gasteiger partial charge on any atom is 0.410 e. The summed E-state index contributed by atoms with van der Waals surface area (Å²) in [5.41, 5.74) is 4.23. The second-order valence-corrected chi connectivity index (χ2v) is 12.8. The smallest absolute Gasteiger partial charge is 0.410 e. The Morgan fingerprint density at radius 3 is 2.54 bits per heavy atom. The SMILES string of the molecule is [C-]#[N+]CC1CN(c2nc(OCCN3CCCCC3)nc3c2CCN(c2cccc4ccccc24)C3)CCN1C(=O)OCc1ccccc1. The molecule has 0 spiro atoms. The summed E-state index contributed by atoms with van der Waals surface area (Å²) >= 11 is 0. The van der Waals surface area contributed by atoms with Crippen LogP contribution in [0.5, 0.6) is 6.01 Å². The number of nitrogens with zero attached hydrogens (tertiary/aromatic N) is 7. The van der Waals surface area contributed by atoms with Crippen molar-refractivity contribution in [2.24, 2.45) is 0 Å². The predicted octanol–water partition coefficient (Wildman–Crippen LogP) is 5.80. The quantitative estimate of drug-likeness (QED) is 0.211. The van der Waals surface area contributed by atoms with Crippen LogP contribution in [-0.2, 0) is 24.3 Å². The molecule has 10 heteroatoms. The number of ether oxygens (including phenoxy) is 2. The number of anilines is 2. The summed E-state index contributed by atoms with van der Waals surface area (Å²) in [7, 11) is 0. The van der Waals surface area contributed by atoms with Gasteiger partial charge in [0.1, 0.15) is 25.1 Å². The van der Waals surface area contributed by atoms with E-state index in [1.165, 1.54) is 35.7 Å². The van der Waals surface area contributed by atoms with Crippen molar-refractivity contribution in [1.82, 2.24) is 19.8 Å². The van der Waals surface area contributed by atoms with Crippen LogP contribution in [0.3, 0.4) is 0 Å². The fourth-order valence-electron chi connectivity index (χ4n) is 7.21. The van der Waals surface area contributed by atoms with Gasteiger partial charge < -0.3 is 24.1 Å². The molecule has 0 bridgehead atoms. The first-order chi connectivity index (χ1) is 23.7. The third-order valence-electron chi connectivity index (χ3n) is 9.74. The van der Waals surface area contributed by atoms with Crippen LogP contribution in [0.2, 0.25) is 0 Å². The normalized spacial score (nSPS) is 18.3. The summed E-state index contributed by atoms with van der Waals surface area (Å²) in [5.74, 6) is 0.859. The number of fused-ring (bicyclic) bond motifs is 2. The van der Waals surface area contributed by atoms with Crippen LogP contribution in [0, 0.1) is 6.57 Å². The molecule has 0 saturated carbocycles. The summed E-state index contributed by atoms with van der Waals surface area (Å²) in [6.07, 6.45) is 4.18. The van der Waals surface area contributed by atoms with Gasteiger partial charge in [-0.3, -0.25) is 9.80 Å². The van der Waals surface area contributed by atoms with E-state index in [1.54, 1.807) is 4.90 Å². The highest BCUT2D eigenvalue weighted by molar-refractivity contribution is 5.94. The van der Waals surface area contributed by atoms with Crippen molar-refractivity contribution in [3.05, 3.63) is 101 Å². The van der Waals surface area contributed by atoms with Crippen molar-refractivity contribution in [2.75, 3.05) is 68.8 Å². The van der Waals surface area contributed by atoms with Crippen molar-refractivity contribution in [1.29, 1.82) is 0 Å². The van der Waals surface area contributed by atoms with Gasteiger partial charge in [-0.1, -0.05) is 73.2 Å². The van der Waals surface area contributed by atoms with Crippen molar-refractivity contribution >= 4 is 28.4 Å². The number of aromatic nitrogens is 2. The maximum atomic E-state index is 13.2. The van der Waals surface area contributed by atoms with Gasteiger partial charge in [0.25, 0.3) is 0 Å². The molecular formula is C38H43N7O3. The van der Waals surface area contributed by atoms with Crippen LogP contribution >= 0.6 is 0 Å². The summed E-state index contributed by atoms with van der Waals surface area (Å²) < 4.78 is 12.0. The number of hydrogen-bond donors (Lipinski definition) is 0. The first-order valence-corrected chi connectivity index (χ1v) is 17.2. The molecule has 1 aromatic heterocycles. The lowest BCUT2D eigenvalue weighted by atomic mass is 10.0. The zero-order valence-electron chi connectivity index (χ0n) is 27.5. The molecule has 4 aromatic rings. The second kappa shape index (κ2) is 14.9. The van der Waals surface area contributed by atoms with Gasteiger partial charge in [-0.25, -0.2) is 11.4 Å². The number of piperazine rings is 1. The average molecular weight is 646 g/mol. The topological polar surface area (TPSA) is 78.6 Å². The fraction of sp³-hybridized carbons (Fsp3) is 0.421. The monoisotopic (exact) mass is 645 g/mol. The standard InChI is InChI=1S/C38H43N7O3/c1-39-25-31-26-44(21-22-45(31)38(46)48-28-29-11-4-2-5-12-29)36-33-17-20-43(35-16-10-14-30-13-6-7-15-32(30)35)27-34(33)40-37(41-36)47-24-23-42-18-8-3-9-19-42/h2,4-7,10-16,31H,3,8-9,17-28H2. The first-order valence-electron chi connectivity index (χ1n) is 17.2. The number of carbonyl (C=O) groups is 1. The van der Waals surface area contributed by atoms with E-state index in [-0.39, 0.29) is 25.3 Å². The molecule has 0 radical (unpaired) electrons. The molecule has 10 nitrogen and oxygen atoms in total. The number of piperidine rings is 1.